The fraction of sp³-hybridized carbons (Fsp3) is 0.750. The minimum Gasteiger partial charge on any atom is -0.463 e. The molecule has 15 unspecified atom stereocenters. The lowest BCUT2D eigenvalue weighted by Crippen LogP contribution is -2.70. The maximum atomic E-state index is 12.6. The van der Waals surface area contributed by atoms with Gasteiger partial charge >= 0.3 is 47.8 Å². The Labute approximate surface area is 343 Å². The van der Waals surface area contributed by atoms with E-state index in [0.29, 0.717) is 0 Å². The molecule has 0 bridgehead atoms. The van der Waals surface area contributed by atoms with Gasteiger partial charge < -0.3 is 72.0 Å². The van der Waals surface area contributed by atoms with E-state index < -0.39 is 159 Å². The van der Waals surface area contributed by atoms with Crippen LogP contribution in [0.3, 0.4) is 0 Å². The van der Waals surface area contributed by atoms with Crippen LogP contribution >= 0.6 is 0 Å². The van der Waals surface area contributed by atoms with Gasteiger partial charge in [0.25, 0.3) is 0 Å². The number of nitrogens with one attached hydrogen (secondary N) is 1. The summed E-state index contributed by atoms with van der Waals surface area (Å²) in [6.45, 7) is 9.35. The van der Waals surface area contributed by atoms with Crippen molar-refractivity contribution < 1.29 is 110 Å². The maximum absolute atomic E-state index is 12.6. The highest BCUT2D eigenvalue weighted by molar-refractivity contribution is 5.73. The molecule has 0 aliphatic carbocycles. The molecule has 0 spiro atoms. The van der Waals surface area contributed by atoms with Gasteiger partial charge in [-0.25, -0.2) is 0 Å². The van der Waals surface area contributed by atoms with E-state index in [2.05, 4.69) is 5.32 Å². The van der Waals surface area contributed by atoms with Crippen molar-refractivity contribution in [3.05, 3.63) is 0 Å². The number of hydrogen-bond donors (Lipinski definition) is 2. The van der Waals surface area contributed by atoms with Crippen LogP contribution in [0, 0.1) is 0 Å². The van der Waals surface area contributed by atoms with E-state index in [1.54, 1.807) is 0 Å². The molecule has 1 amide bonds. The molecule has 24 nitrogen and oxygen atoms in total. The normalized spacial score (nSPS) is 33.8. The summed E-state index contributed by atoms with van der Waals surface area (Å²) >= 11 is 0. The van der Waals surface area contributed by atoms with Crippen molar-refractivity contribution in [2.24, 2.45) is 0 Å². The summed E-state index contributed by atoms with van der Waals surface area (Å²) in [6, 6.07) is -1.65. The molecule has 0 radical (unpaired) electrons. The van der Waals surface area contributed by atoms with Crippen molar-refractivity contribution in [3.63, 3.8) is 0 Å². The Morgan fingerprint density at radius 2 is 0.817 bits per heavy atom. The lowest BCUT2D eigenvalue weighted by atomic mass is 9.94. The highest BCUT2D eigenvalue weighted by Gasteiger charge is 2.58. The molecular weight excluding hydrogens is 814 g/mol. The average molecular weight is 866 g/mol. The van der Waals surface area contributed by atoms with Gasteiger partial charge in [-0.05, 0) is 6.92 Å². The van der Waals surface area contributed by atoms with Gasteiger partial charge in [-0.2, -0.15) is 0 Å². The molecular formula is C36H51NO23. The van der Waals surface area contributed by atoms with Gasteiger partial charge in [-0.3, -0.25) is 43.2 Å². The van der Waals surface area contributed by atoms with Crippen molar-refractivity contribution in [1.82, 2.24) is 5.32 Å². The van der Waals surface area contributed by atoms with Gasteiger partial charge in [0.05, 0.1) is 6.10 Å². The molecule has 24 heteroatoms. The predicted octanol–water partition coefficient (Wildman–Crippen LogP) is -1.84. The first-order valence-electron chi connectivity index (χ1n) is 18.5. The van der Waals surface area contributed by atoms with Gasteiger partial charge in [-0.1, -0.05) is 0 Å². The van der Waals surface area contributed by atoms with Gasteiger partial charge in [-0.15, -0.1) is 0 Å². The second-order valence-corrected chi connectivity index (χ2v) is 13.8. The monoisotopic (exact) mass is 865 g/mol. The fourth-order valence-corrected chi connectivity index (χ4v) is 6.66. The SMILES string of the molecule is CC(=O)NC1C(O)OC(COC(C)=O)C(OC2OC(COC(C)=O)C(OC(C)=O)C(OC(C)=O)C2OC(C)=O)C1OC1OC(C)C(OC(C)=O)C(OC(C)=O)C1OC(C)=O. The Morgan fingerprint density at radius 3 is 1.25 bits per heavy atom. The molecule has 0 saturated carbocycles. The third kappa shape index (κ3) is 14.0. The van der Waals surface area contributed by atoms with E-state index in [4.69, 9.17) is 61.6 Å². The van der Waals surface area contributed by atoms with Crippen LogP contribution in [-0.4, -0.2) is 164 Å². The number of carbonyl (C=O) groups is 9. The first-order valence-corrected chi connectivity index (χ1v) is 18.5. The van der Waals surface area contributed by atoms with E-state index in [1.807, 2.05) is 0 Å². The van der Waals surface area contributed by atoms with Crippen molar-refractivity contribution in [1.29, 1.82) is 0 Å². The van der Waals surface area contributed by atoms with Crippen LogP contribution in [0.1, 0.15) is 69.2 Å². The Kier molecular flexibility index (Phi) is 18.1. The number of rotatable bonds is 15. The molecule has 3 aliphatic rings. The highest BCUT2D eigenvalue weighted by Crippen LogP contribution is 2.37. The molecule has 2 N–H and O–H groups in total. The molecule has 3 saturated heterocycles. The lowest BCUT2D eigenvalue weighted by Gasteiger charge is -2.50. The Hall–Kier alpha value is -5.01. The smallest absolute Gasteiger partial charge is 0.303 e. The maximum Gasteiger partial charge on any atom is 0.303 e. The van der Waals surface area contributed by atoms with E-state index in [0.717, 1.165) is 62.3 Å². The number of carbonyl (C=O) groups excluding carboxylic acids is 9. The zero-order valence-electron chi connectivity index (χ0n) is 34.5. The summed E-state index contributed by atoms with van der Waals surface area (Å²) in [5, 5.41) is 13.8. The molecule has 3 fully saturated rings. The van der Waals surface area contributed by atoms with Gasteiger partial charge in [0.15, 0.2) is 55.5 Å². The van der Waals surface area contributed by atoms with Crippen molar-refractivity contribution >= 4 is 53.7 Å². The number of amides is 1. The summed E-state index contributed by atoms with van der Waals surface area (Å²) in [5.41, 5.74) is 0. The molecule has 3 aliphatic heterocycles. The zero-order valence-corrected chi connectivity index (χ0v) is 34.5. The van der Waals surface area contributed by atoms with E-state index >= 15 is 0 Å². The third-order valence-electron chi connectivity index (χ3n) is 8.65. The van der Waals surface area contributed by atoms with Crippen LogP contribution in [0.5, 0.6) is 0 Å². The van der Waals surface area contributed by atoms with E-state index in [1.165, 1.54) is 6.92 Å². The molecule has 60 heavy (non-hydrogen) atoms. The first-order chi connectivity index (χ1) is 28.0. The van der Waals surface area contributed by atoms with Gasteiger partial charge in [0.2, 0.25) is 5.91 Å². The molecule has 15 atom stereocenters. The summed E-state index contributed by atoms with van der Waals surface area (Å²) in [5.74, 6) is -7.93. The number of hydrogen-bond acceptors (Lipinski definition) is 23. The van der Waals surface area contributed by atoms with Crippen LogP contribution in [0.15, 0.2) is 0 Å². The van der Waals surface area contributed by atoms with Gasteiger partial charge in [0, 0.05) is 62.3 Å². The number of ether oxygens (including phenoxy) is 13. The second kappa shape index (κ2) is 22.0. The predicted molar refractivity (Wildman–Crippen MR) is 188 cm³/mol. The highest BCUT2D eigenvalue weighted by atomic mass is 16.8. The summed E-state index contributed by atoms with van der Waals surface area (Å²) < 4.78 is 73.9. The lowest BCUT2D eigenvalue weighted by molar-refractivity contribution is -0.371. The van der Waals surface area contributed by atoms with Crippen molar-refractivity contribution in [2.75, 3.05) is 13.2 Å². The van der Waals surface area contributed by atoms with Crippen LogP contribution in [0.4, 0.5) is 0 Å². The number of aliphatic hydroxyl groups is 1. The molecule has 0 aromatic heterocycles. The third-order valence-corrected chi connectivity index (χ3v) is 8.65. The molecule has 3 rings (SSSR count). The Morgan fingerprint density at radius 1 is 0.450 bits per heavy atom. The molecule has 3 heterocycles. The Balaban J connectivity index is 2.28. The summed E-state index contributed by atoms with van der Waals surface area (Å²) in [7, 11) is 0. The van der Waals surface area contributed by atoms with Crippen LogP contribution < -0.4 is 5.32 Å². The molecule has 0 aromatic carbocycles. The standard InChI is InChI=1S/C36H51NO23/c1-13-26(51-17(5)41)30(53-19(7)43)32(55-21(9)45)35(50-13)60-29-25(37-14(2)38)34(47)57-23(11-48-15(3)39)27(29)59-36-33(56-22(10)46)31(54-20(8)44)28(52-18(6)42)24(58-36)12-49-16(4)40/h13,23-36,47H,11-12H2,1-10H3,(H,37,38). The van der Waals surface area contributed by atoms with Gasteiger partial charge in [0.1, 0.15) is 43.7 Å². The molecule has 0 aromatic rings. The quantitative estimate of drug-likeness (QED) is 0.135. The van der Waals surface area contributed by atoms with Crippen LogP contribution in [0.25, 0.3) is 0 Å². The minimum atomic E-state index is -1.99. The van der Waals surface area contributed by atoms with Crippen LogP contribution in [0.2, 0.25) is 0 Å². The largest absolute Gasteiger partial charge is 0.463 e. The topological polar surface area (TPSA) is 306 Å². The van der Waals surface area contributed by atoms with E-state index in [-0.39, 0.29) is 0 Å². The fourth-order valence-electron chi connectivity index (χ4n) is 6.66. The average Bonchev–Trinajstić information content (AvgIpc) is 3.10. The number of esters is 8. The molecule has 338 valence electrons. The van der Waals surface area contributed by atoms with Crippen LogP contribution in [-0.2, 0) is 105 Å². The van der Waals surface area contributed by atoms with E-state index in [9.17, 15) is 48.3 Å². The summed E-state index contributed by atoms with van der Waals surface area (Å²) in [6.07, 6.45) is -23.4. The van der Waals surface area contributed by atoms with Crippen molar-refractivity contribution in [2.45, 2.75) is 161 Å². The second-order valence-electron chi connectivity index (χ2n) is 13.8. The number of aliphatic hydroxyl groups excluding tert-OH is 1. The minimum absolute atomic E-state index is 0.651. The zero-order chi connectivity index (χ0) is 45.2. The Bertz CT molecular complexity index is 1600. The first kappa shape index (κ1) is 49.4. The van der Waals surface area contributed by atoms with Crippen molar-refractivity contribution in [3.8, 4) is 0 Å². The summed E-state index contributed by atoms with van der Waals surface area (Å²) in [4.78, 5) is 111.